The largest absolute Gasteiger partial charge is 0.487 e. The number of nitrogens with zero attached hydrogens (tertiary/aromatic N) is 1. The molecule has 1 aliphatic heterocycles. The van der Waals surface area contributed by atoms with Gasteiger partial charge in [0.25, 0.3) is 0 Å². The molecule has 3 aliphatic rings. The van der Waals surface area contributed by atoms with Gasteiger partial charge in [0, 0.05) is 58.4 Å². The van der Waals surface area contributed by atoms with Gasteiger partial charge in [0.15, 0.2) is 11.6 Å². The zero-order valence-corrected chi connectivity index (χ0v) is 25.6. The Labute approximate surface area is 251 Å². The summed E-state index contributed by atoms with van der Waals surface area (Å²) in [7, 11) is 0. The monoisotopic (exact) mass is 595 g/mol. The second kappa shape index (κ2) is 10.6. The first kappa shape index (κ1) is 29.4. The van der Waals surface area contributed by atoms with Crippen LogP contribution in [0.3, 0.4) is 0 Å². The van der Waals surface area contributed by atoms with Gasteiger partial charge in [-0.15, -0.1) is 0 Å². The molecule has 0 amide bonds. The number of Topliss-reactive ketones (excluding diaryl/α,β-unsaturated/α-hetero) is 2. The lowest BCUT2D eigenvalue weighted by Crippen LogP contribution is -2.44. The second-order valence-electron chi connectivity index (χ2n) is 12.9. The first-order valence-corrected chi connectivity index (χ1v) is 14.7. The van der Waals surface area contributed by atoms with Crippen LogP contribution in [-0.4, -0.2) is 34.1 Å². The number of halogens is 2. The van der Waals surface area contributed by atoms with Crippen LogP contribution in [-0.2, 0) is 16.2 Å². The topological polar surface area (TPSA) is 83.9 Å². The highest BCUT2D eigenvalue weighted by Gasteiger charge is 2.49. The summed E-state index contributed by atoms with van der Waals surface area (Å²) >= 11 is 13.3. The van der Waals surface area contributed by atoms with Crippen molar-refractivity contribution in [2.24, 2.45) is 10.8 Å². The molecule has 216 valence electrons. The molecule has 0 saturated heterocycles. The standard InChI is InChI=1S/C33H35Cl2NO5/c1-6-36-23-13-32(2,3)15-25(37)28(23)27(29-24(36)14-33(4,5)16-26(29)38)21-11-20(34)12-22(35)30(21)41-17-18-7-9-19(10-8-18)31(39)40/h7-12,27H,6,13-17H2,1-5H3,(H,39,40). The van der Waals surface area contributed by atoms with E-state index >= 15 is 0 Å². The highest BCUT2D eigenvalue weighted by molar-refractivity contribution is 6.35. The highest BCUT2D eigenvalue weighted by atomic mass is 35.5. The van der Waals surface area contributed by atoms with E-state index in [2.05, 4.69) is 39.5 Å². The van der Waals surface area contributed by atoms with Crippen molar-refractivity contribution < 1.29 is 24.2 Å². The SMILES string of the molecule is CCN1C2=C(C(=O)CC(C)(C)C2)C(c2cc(Cl)cc(Cl)c2OCc2ccc(C(=O)O)cc2)C2=C1CC(C)(C)CC2=O. The van der Waals surface area contributed by atoms with Gasteiger partial charge in [-0.05, 0) is 60.4 Å². The molecule has 2 aromatic rings. The fourth-order valence-electron chi connectivity index (χ4n) is 6.59. The van der Waals surface area contributed by atoms with Gasteiger partial charge < -0.3 is 14.7 Å². The van der Waals surface area contributed by atoms with Crippen LogP contribution < -0.4 is 4.74 Å². The lowest BCUT2D eigenvalue weighted by molar-refractivity contribution is -0.119. The number of carbonyl (C=O) groups excluding carboxylic acids is 2. The normalized spacial score (nSPS) is 20.2. The van der Waals surface area contributed by atoms with Crippen molar-refractivity contribution in [2.45, 2.75) is 72.8 Å². The molecule has 1 N–H and O–H groups in total. The minimum absolute atomic E-state index is 0.0233. The Morgan fingerprint density at radius 1 is 0.927 bits per heavy atom. The molecule has 41 heavy (non-hydrogen) atoms. The molecule has 0 spiro atoms. The van der Waals surface area contributed by atoms with Gasteiger partial charge in [0.05, 0.1) is 10.6 Å². The fraction of sp³-hybridized carbons (Fsp3) is 0.424. The molecule has 2 aromatic carbocycles. The van der Waals surface area contributed by atoms with Crippen LogP contribution in [0.4, 0.5) is 0 Å². The number of aromatic carboxylic acids is 1. The number of hydrogen-bond donors (Lipinski definition) is 1. The minimum Gasteiger partial charge on any atom is -0.487 e. The smallest absolute Gasteiger partial charge is 0.335 e. The molecular weight excluding hydrogens is 561 g/mol. The molecule has 2 aliphatic carbocycles. The second-order valence-corrected chi connectivity index (χ2v) is 13.7. The van der Waals surface area contributed by atoms with Gasteiger partial charge in [-0.25, -0.2) is 4.79 Å². The van der Waals surface area contributed by atoms with Crippen LogP contribution >= 0.6 is 23.2 Å². The molecule has 8 heteroatoms. The molecule has 0 saturated carbocycles. The number of ether oxygens (including phenoxy) is 1. The Hall–Kier alpha value is -3.09. The van der Waals surface area contributed by atoms with Crippen molar-refractivity contribution in [1.29, 1.82) is 0 Å². The van der Waals surface area contributed by atoms with Gasteiger partial charge >= 0.3 is 5.97 Å². The lowest BCUT2D eigenvalue weighted by atomic mass is 9.63. The van der Waals surface area contributed by atoms with Crippen molar-refractivity contribution >= 4 is 40.7 Å². The minimum atomic E-state index is -1.01. The Bertz CT molecular complexity index is 1460. The van der Waals surface area contributed by atoms with E-state index in [1.165, 1.54) is 12.1 Å². The van der Waals surface area contributed by atoms with E-state index in [-0.39, 0.29) is 39.6 Å². The molecular formula is C33H35Cl2NO5. The molecule has 0 aromatic heterocycles. The molecule has 1 heterocycles. The van der Waals surface area contributed by atoms with Crippen molar-refractivity contribution in [2.75, 3.05) is 6.54 Å². The maximum absolute atomic E-state index is 14.0. The van der Waals surface area contributed by atoms with E-state index in [1.807, 2.05) is 0 Å². The molecule has 0 bridgehead atoms. The van der Waals surface area contributed by atoms with E-state index in [4.69, 9.17) is 27.9 Å². The third-order valence-electron chi connectivity index (χ3n) is 8.27. The Balaban J connectivity index is 1.68. The summed E-state index contributed by atoms with van der Waals surface area (Å²) in [5.41, 5.74) is 4.29. The van der Waals surface area contributed by atoms with E-state index in [0.29, 0.717) is 59.7 Å². The first-order chi connectivity index (χ1) is 19.2. The maximum atomic E-state index is 14.0. The van der Waals surface area contributed by atoms with Gasteiger partial charge in [-0.3, -0.25) is 9.59 Å². The molecule has 0 radical (unpaired) electrons. The molecule has 0 fully saturated rings. The van der Waals surface area contributed by atoms with E-state index < -0.39 is 11.9 Å². The van der Waals surface area contributed by atoms with E-state index in [1.54, 1.807) is 24.3 Å². The lowest BCUT2D eigenvalue weighted by Gasteiger charge is -2.49. The summed E-state index contributed by atoms with van der Waals surface area (Å²) in [4.78, 5) is 41.4. The average molecular weight is 597 g/mol. The highest BCUT2D eigenvalue weighted by Crippen LogP contribution is 2.56. The Morgan fingerprint density at radius 3 is 1.95 bits per heavy atom. The van der Waals surface area contributed by atoms with Gasteiger partial charge in [0.1, 0.15) is 12.4 Å². The van der Waals surface area contributed by atoms with Crippen molar-refractivity contribution in [1.82, 2.24) is 4.90 Å². The zero-order chi connectivity index (χ0) is 29.9. The number of carbonyl (C=O) groups is 3. The molecule has 0 unspecified atom stereocenters. The van der Waals surface area contributed by atoms with Crippen LogP contribution in [0.15, 0.2) is 58.9 Å². The summed E-state index contributed by atoms with van der Waals surface area (Å²) in [5.74, 6) is -1.24. The van der Waals surface area contributed by atoms with Crippen LogP contribution in [0, 0.1) is 10.8 Å². The number of rotatable bonds is 6. The summed E-state index contributed by atoms with van der Waals surface area (Å²) in [6, 6.07) is 9.77. The van der Waals surface area contributed by atoms with Crippen LogP contribution in [0.25, 0.3) is 0 Å². The summed E-state index contributed by atoms with van der Waals surface area (Å²) < 4.78 is 6.31. The quantitative estimate of drug-likeness (QED) is 0.364. The first-order valence-electron chi connectivity index (χ1n) is 14.0. The Morgan fingerprint density at radius 2 is 1.46 bits per heavy atom. The fourth-order valence-corrected chi connectivity index (χ4v) is 7.15. The summed E-state index contributed by atoms with van der Waals surface area (Å²) in [6.07, 6.45) is 2.18. The number of benzene rings is 2. The number of ketones is 2. The predicted molar refractivity (Wildman–Crippen MR) is 159 cm³/mol. The van der Waals surface area contributed by atoms with Crippen molar-refractivity contribution in [3.63, 3.8) is 0 Å². The predicted octanol–water partition coefficient (Wildman–Crippen LogP) is 7.98. The van der Waals surface area contributed by atoms with Gasteiger partial charge in [-0.1, -0.05) is 63.0 Å². The Kier molecular flexibility index (Phi) is 7.62. The molecule has 5 rings (SSSR count). The molecule has 0 atom stereocenters. The van der Waals surface area contributed by atoms with E-state index in [0.717, 1.165) is 17.0 Å². The van der Waals surface area contributed by atoms with E-state index in [9.17, 15) is 19.5 Å². The summed E-state index contributed by atoms with van der Waals surface area (Å²) in [5, 5.41) is 9.90. The van der Waals surface area contributed by atoms with Crippen molar-refractivity contribution in [3.05, 3.63) is 85.7 Å². The summed E-state index contributed by atoms with van der Waals surface area (Å²) in [6.45, 7) is 11.3. The number of allylic oxidation sites excluding steroid dienone is 4. The maximum Gasteiger partial charge on any atom is 0.335 e. The number of carboxylic acids is 1. The van der Waals surface area contributed by atoms with Gasteiger partial charge in [0.2, 0.25) is 0 Å². The van der Waals surface area contributed by atoms with Gasteiger partial charge in [-0.2, -0.15) is 0 Å². The third kappa shape index (κ3) is 5.56. The van der Waals surface area contributed by atoms with Crippen molar-refractivity contribution in [3.8, 4) is 5.75 Å². The zero-order valence-electron chi connectivity index (χ0n) is 24.1. The number of hydrogen-bond acceptors (Lipinski definition) is 5. The molecule has 6 nitrogen and oxygen atoms in total. The third-order valence-corrected chi connectivity index (χ3v) is 8.77. The number of carboxylic acid groups (broad SMARTS) is 1. The van der Waals surface area contributed by atoms with Crippen LogP contribution in [0.2, 0.25) is 10.0 Å². The van der Waals surface area contributed by atoms with Crippen LogP contribution in [0.1, 0.15) is 87.7 Å². The average Bonchev–Trinajstić information content (AvgIpc) is 2.85. The van der Waals surface area contributed by atoms with Crippen LogP contribution in [0.5, 0.6) is 5.75 Å².